The van der Waals surface area contributed by atoms with Crippen molar-refractivity contribution < 1.29 is 0 Å². The summed E-state index contributed by atoms with van der Waals surface area (Å²) >= 11 is 3.45. The number of hydrogen-bond acceptors (Lipinski definition) is 5. The van der Waals surface area contributed by atoms with Gasteiger partial charge in [0.25, 0.3) is 0 Å². The molecular weight excluding hydrogens is 262 g/mol. The van der Waals surface area contributed by atoms with E-state index in [4.69, 9.17) is 0 Å². The van der Waals surface area contributed by atoms with Crippen molar-refractivity contribution in [2.45, 2.75) is 13.5 Å². The van der Waals surface area contributed by atoms with Crippen molar-refractivity contribution in [3.8, 4) is 10.6 Å². The molecule has 0 aliphatic carbocycles. The Balaban J connectivity index is 1.90. The number of pyridine rings is 1. The van der Waals surface area contributed by atoms with E-state index in [0.717, 1.165) is 29.2 Å². The highest BCUT2D eigenvalue weighted by Gasteiger charge is 2.06. The molecule has 0 spiro atoms. The number of thiazole rings is 1. The third kappa shape index (κ3) is 2.29. The van der Waals surface area contributed by atoms with Crippen molar-refractivity contribution in [2.75, 3.05) is 6.54 Å². The topological polar surface area (TPSA) is 37.8 Å². The maximum atomic E-state index is 4.47. The summed E-state index contributed by atoms with van der Waals surface area (Å²) in [6.07, 6.45) is 3.85. The molecule has 3 aromatic rings. The van der Waals surface area contributed by atoms with Crippen molar-refractivity contribution in [1.29, 1.82) is 0 Å². The van der Waals surface area contributed by atoms with Crippen molar-refractivity contribution >= 4 is 32.9 Å². The van der Waals surface area contributed by atoms with Crippen LogP contribution in [0.4, 0.5) is 0 Å². The maximum absolute atomic E-state index is 4.47. The molecule has 18 heavy (non-hydrogen) atoms. The molecule has 3 aromatic heterocycles. The van der Waals surface area contributed by atoms with Gasteiger partial charge in [-0.05, 0) is 24.1 Å². The van der Waals surface area contributed by atoms with Gasteiger partial charge in [0.2, 0.25) is 0 Å². The molecule has 5 heteroatoms. The molecule has 0 atom stereocenters. The molecule has 92 valence electrons. The Morgan fingerprint density at radius 3 is 3.11 bits per heavy atom. The lowest BCUT2D eigenvalue weighted by atomic mass is 10.3. The van der Waals surface area contributed by atoms with Crippen LogP contribution in [0.2, 0.25) is 0 Å². The smallest absolute Gasteiger partial charge is 0.125 e. The van der Waals surface area contributed by atoms with Crippen LogP contribution in [0.1, 0.15) is 11.8 Å². The average Bonchev–Trinajstić information content (AvgIpc) is 3.04. The molecule has 0 aliphatic heterocycles. The van der Waals surface area contributed by atoms with Gasteiger partial charge in [0, 0.05) is 29.4 Å². The zero-order chi connectivity index (χ0) is 12.4. The van der Waals surface area contributed by atoms with Crippen molar-refractivity contribution in [2.24, 2.45) is 0 Å². The van der Waals surface area contributed by atoms with E-state index in [1.165, 1.54) is 9.58 Å². The molecule has 0 aliphatic rings. The van der Waals surface area contributed by atoms with Gasteiger partial charge in [-0.2, -0.15) is 0 Å². The lowest BCUT2D eigenvalue weighted by molar-refractivity contribution is 0.734. The molecule has 1 N–H and O–H groups in total. The highest BCUT2D eigenvalue weighted by Crippen LogP contribution is 2.28. The number of fused-ring (bicyclic) bond motifs is 1. The molecular formula is C13H13N3S2. The van der Waals surface area contributed by atoms with Gasteiger partial charge in [0.05, 0.1) is 10.2 Å². The highest BCUT2D eigenvalue weighted by molar-refractivity contribution is 7.17. The Kier molecular flexibility index (Phi) is 3.36. The molecule has 3 heterocycles. The fourth-order valence-corrected chi connectivity index (χ4v) is 3.38. The molecule has 0 fully saturated rings. The van der Waals surface area contributed by atoms with E-state index in [1.807, 2.05) is 18.5 Å². The van der Waals surface area contributed by atoms with Gasteiger partial charge in [0.1, 0.15) is 5.01 Å². The van der Waals surface area contributed by atoms with Gasteiger partial charge in [-0.15, -0.1) is 22.7 Å². The SMILES string of the molecule is CCNCc1cnc(-c2cnc3ccsc3c2)s1. The summed E-state index contributed by atoms with van der Waals surface area (Å²) in [5, 5.41) is 6.43. The van der Waals surface area contributed by atoms with Gasteiger partial charge in [0.15, 0.2) is 0 Å². The standard InChI is InChI=1S/C13H13N3S2/c1-2-14-7-10-8-16-13(18-10)9-5-12-11(15-6-9)3-4-17-12/h3-6,8,14H,2,7H2,1H3. The van der Waals surface area contributed by atoms with Gasteiger partial charge < -0.3 is 5.32 Å². The molecule has 3 rings (SSSR count). The molecule has 0 bridgehead atoms. The van der Waals surface area contributed by atoms with Gasteiger partial charge in [-0.25, -0.2) is 4.98 Å². The van der Waals surface area contributed by atoms with Crippen LogP contribution in [0, 0.1) is 0 Å². The second kappa shape index (κ2) is 5.14. The zero-order valence-electron chi connectivity index (χ0n) is 10.0. The lowest BCUT2D eigenvalue weighted by Crippen LogP contribution is -2.10. The maximum Gasteiger partial charge on any atom is 0.125 e. The Hall–Kier alpha value is -1.30. The van der Waals surface area contributed by atoms with Gasteiger partial charge in [-0.3, -0.25) is 4.98 Å². The zero-order valence-corrected chi connectivity index (χ0v) is 11.6. The fraction of sp³-hybridized carbons (Fsp3) is 0.231. The number of hydrogen-bond donors (Lipinski definition) is 1. The van der Waals surface area contributed by atoms with E-state index < -0.39 is 0 Å². The molecule has 0 unspecified atom stereocenters. The lowest BCUT2D eigenvalue weighted by Gasteiger charge is -1.96. The third-order valence-corrected chi connectivity index (χ3v) is 4.55. The Bertz CT molecular complexity index is 657. The van der Waals surface area contributed by atoms with Crippen molar-refractivity contribution in [1.82, 2.24) is 15.3 Å². The van der Waals surface area contributed by atoms with Crippen LogP contribution in [0.3, 0.4) is 0 Å². The second-order valence-electron chi connectivity index (χ2n) is 3.94. The van der Waals surface area contributed by atoms with Crippen molar-refractivity contribution in [3.05, 3.63) is 34.8 Å². The van der Waals surface area contributed by atoms with E-state index in [0.29, 0.717) is 0 Å². The summed E-state index contributed by atoms with van der Waals surface area (Å²) in [5.74, 6) is 0. The number of aromatic nitrogens is 2. The third-order valence-electron chi connectivity index (χ3n) is 2.65. The van der Waals surface area contributed by atoms with E-state index in [-0.39, 0.29) is 0 Å². The first-order valence-electron chi connectivity index (χ1n) is 5.86. The minimum atomic E-state index is 0.892. The minimum Gasteiger partial charge on any atom is -0.312 e. The molecule has 0 saturated carbocycles. The second-order valence-corrected chi connectivity index (χ2v) is 6.00. The van der Waals surface area contributed by atoms with E-state index in [9.17, 15) is 0 Å². The first-order chi connectivity index (χ1) is 8.86. The minimum absolute atomic E-state index is 0.892. The monoisotopic (exact) mass is 275 g/mol. The number of nitrogens with zero attached hydrogens (tertiary/aromatic N) is 2. The van der Waals surface area contributed by atoms with Crippen molar-refractivity contribution in [3.63, 3.8) is 0 Å². The van der Waals surface area contributed by atoms with Crippen LogP contribution in [0.25, 0.3) is 20.8 Å². The molecule has 3 nitrogen and oxygen atoms in total. The summed E-state index contributed by atoms with van der Waals surface area (Å²) in [5.41, 5.74) is 2.17. The summed E-state index contributed by atoms with van der Waals surface area (Å²) in [7, 11) is 0. The van der Waals surface area contributed by atoms with E-state index in [2.05, 4.69) is 33.7 Å². The predicted molar refractivity (Wildman–Crippen MR) is 78.1 cm³/mol. The van der Waals surface area contributed by atoms with E-state index >= 15 is 0 Å². The Labute approximate surface area is 114 Å². The quantitative estimate of drug-likeness (QED) is 0.791. The first-order valence-corrected chi connectivity index (χ1v) is 7.55. The fourth-order valence-electron chi connectivity index (χ4n) is 1.73. The van der Waals surface area contributed by atoms with Crippen LogP contribution < -0.4 is 5.32 Å². The molecule has 0 amide bonds. The van der Waals surface area contributed by atoms with E-state index in [1.54, 1.807) is 22.7 Å². The molecule has 0 saturated heterocycles. The van der Waals surface area contributed by atoms with Crippen LogP contribution in [0.5, 0.6) is 0 Å². The Morgan fingerprint density at radius 1 is 1.28 bits per heavy atom. The number of nitrogens with one attached hydrogen (secondary N) is 1. The summed E-state index contributed by atoms with van der Waals surface area (Å²) < 4.78 is 1.22. The normalized spacial score (nSPS) is 11.2. The molecule has 0 radical (unpaired) electrons. The highest BCUT2D eigenvalue weighted by atomic mass is 32.1. The van der Waals surface area contributed by atoms with Crippen LogP contribution >= 0.6 is 22.7 Å². The van der Waals surface area contributed by atoms with Crippen LogP contribution in [-0.4, -0.2) is 16.5 Å². The number of rotatable bonds is 4. The summed E-state index contributed by atoms with van der Waals surface area (Å²) in [6, 6.07) is 4.21. The first kappa shape index (κ1) is 11.8. The average molecular weight is 275 g/mol. The largest absolute Gasteiger partial charge is 0.312 e. The predicted octanol–water partition coefficient (Wildman–Crippen LogP) is 3.53. The summed E-state index contributed by atoms with van der Waals surface area (Å²) in [4.78, 5) is 10.2. The molecule has 0 aromatic carbocycles. The summed E-state index contributed by atoms with van der Waals surface area (Å²) in [6.45, 7) is 3.98. The van der Waals surface area contributed by atoms with Gasteiger partial charge >= 0.3 is 0 Å². The Morgan fingerprint density at radius 2 is 2.22 bits per heavy atom. The van der Waals surface area contributed by atoms with Crippen LogP contribution in [0.15, 0.2) is 29.9 Å². The number of thiophene rings is 1. The van der Waals surface area contributed by atoms with Crippen LogP contribution in [-0.2, 0) is 6.54 Å². The van der Waals surface area contributed by atoms with Gasteiger partial charge in [-0.1, -0.05) is 6.92 Å².